The van der Waals surface area contributed by atoms with Crippen LogP contribution in [0.15, 0.2) is 41.2 Å². The first kappa shape index (κ1) is 17.9. The Morgan fingerprint density at radius 3 is 1.09 bits per heavy atom. The van der Waals surface area contributed by atoms with Crippen molar-refractivity contribution < 1.29 is 14.8 Å². The molecule has 0 aromatic carbocycles. The monoisotopic (exact) mass is 334 g/mol. The Morgan fingerprint density at radius 1 is 0.636 bits per heavy atom. The van der Waals surface area contributed by atoms with Crippen molar-refractivity contribution in [1.29, 1.82) is 0 Å². The van der Waals surface area contributed by atoms with Gasteiger partial charge in [0, 0.05) is 0 Å². The molecule has 0 heterocycles. The van der Waals surface area contributed by atoms with Gasteiger partial charge in [-0.1, -0.05) is 0 Å². The van der Waals surface area contributed by atoms with E-state index >= 15 is 0 Å². The molecule has 0 saturated heterocycles. The first-order chi connectivity index (χ1) is 9.81. The van der Waals surface area contributed by atoms with Crippen LogP contribution in [0.2, 0.25) is 10.5 Å². The van der Waals surface area contributed by atoms with Crippen LogP contribution in [-0.2, 0) is 14.8 Å². The van der Waals surface area contributed by atoms with Gasteiger partial charge in [0.1, 0.15) is 0 Å². The van der Waals surface area contributed by atoms with E-state index in [0.29, 0.717) is 11.8 Å². The zero-order valence-corrected chi connectivity index (χ0v) is 17.9. The molecule has 1 heteroatoms. The second-order valence-electron chi connectivity index (χ2n) is 8.82. The average molecular weight is 334 g/mol. The van der Waals surface area contributed by atoms with E-state index in [9.17, 15) is 0 Å². The predicted molar refractivity (Wildman–Crippen MR) is 99.3 cm³/mol. The molecule has 0 fully saturated rings. The van der Waals surface area contributed by atoms with Crippen LogP contribution in [0.4, 0.5) is 0 Å². The molecule has 2 unspecified atom stereocenters. The molecule has 122 valence electrons. The van der Waals surface area contributed by atoms with Crippen LogP contribution < -0.4 is 0 Å². The van der Waals surface area contributed by atoms with Crippen molar-refractivity contribution in [2.24, 2.45) is 11.8 Å². The Balaban J connectivity index is 2.74. The topological polar surface area (TPSA) is 0 Å². The SMILES string of the molecule is [CH2]=[Ti]([CH3])([CH3])([C]1=C(C)C(C)=C(C)C1C)[C]1=C(C)C(C)=C(C)C1C. The summed E-state index contributed by atoms with van der Waals surface area (Å²) in [6.07, 6.45) is 0. The molecule has 0 radical (unpaired) electrons. The third-order valence-electron chi connectivity index (χ3n) is 7.01. The summed E-state index contributed by atoms with van der Waals surface area (Å²) in [6.45, 7) is 18.7. The Labute approximate surface area is 138 Å². The van der Waals surface area contributed by atoms with Gasteiger partial charge in [0.25, 0.3) is 0 Å². The molecule has 0 spiro atoms. The Bertz CT molecular complexity index is 683. The zero-order chi connectivity index (χ0) is 17.2. The van der Waals surface area contributed by atoms with Crippen molar-refractivity contribution in [3.05, 3.63) is 41.2 Å². The third kappa shape index (κ3) is 2.18. The van der Waals surface area contributed by atoms with Gasteiger partial charge in [0.05, 0.1) is 0 Å². The van der Waals surface area contributed by atoms with Gasteiger partial charge in [-0.15, -0.1) is 0 Å². The Morgan fingerprint density at radius 2 is 0.909 bits per heavy atom. The Hall–Kier alpha value is -0.456. The average Bonchev–Trinajstić information content (AvgIpc) is 2.71. The summed E-state index contributed by atoms with van der Waals surface area (Å²) in [5.41, 5.74) is 9.21. The number of hydrogen-bond donors (Lipinski definition) is 0. The van der Waals surface area contributed by atoms with Crippen molar-refractivity contribution >= 4 is 4.82 Å². The molecular formula is C21H34Ti. The number of hydrogen-bond acceptors (Lipinski definition) is 0. The minimum atomic E-state index is -3.14. The van der Waals surface area contributed by atoms with Crippen LogP contribution in [0.25, 0.3) is 0 Å². The van der Waals surface area contributed by atoms with Crippen LogP contribution in [0, 0.1) is 11.8 Å². The first-order valence-corrected chi connectivity index (χ1v) is 14.5. The van der Waals surface area contributed by atoms with Crippen LogP contribution >= 0.6 is 0 Å². The van der Waals surface area contributed by atoms with Gasteiger partial charge in [-0.2, -0.15) is 0 Å². The number of allylic oxidation sites excluding steroid dienone is 8. The quantitative estimate of drug-likeness (QED) is 0.491. The van der Waals surface area contributed by atoms with Crippen LogP contribution in [-0.4, -0.2) is 4.82 Å². The van der Waals surface area contributed by atoms with Gasteiger partial charge in [0.2, 0.25) is 0 Å². The molecule has 2 aliphatic rings. The fourth-order valence-electron chi connectivity index (χ4n) is 5.46. The van der Waals surface area contributed by atoms with Crippen molar-refractivity contribution in [3.8, 4) is 0 Å². The summed E-state index contributed by atoms with van der Waals surface area (Å²) in [5, 5.41) is 5.08. The fraction of sp³-hybridized carbons (Fsp3) is 0.571. The van der Waals surface area contributed by atoms with Crippen LogP contribution in [0.3, 0.4) is 0 Å². The third-order valence-corrected chi connectivity index (χ3v) is 14.9. The van der Waals surface area contributed by atoms with Gasteiger partial charge in [-0.05, 0) is 0 Å². The zero-order valence-electron chi connectivity index (χ0n) is 16.4. The molecular weight excluding hydrogens is 300 g/mol. The maximum atomic E-state index is 5.03. The maximum absolute atomic E-state index is 5.03. The summed E-state index contributed by atoms with van der Waals surface area (Å²) in [4.78, 5) is 5.03. The van der Waals surface area contributed by atoms with Gasteiger partial charge < -0.3 is 0 Å². The van der Waals surface area contributed by atoms with Crippen LogP contribution in [0.1, 0.15) is 55.4 Å². The standard InChI is InChI=1S/2C9H13.2CH3.CH2.Ti/c2*1-6-5-7(2)9(4)8(6)3;;;;/h2*6H,1-4H3;2*1H3;1H2;. The second kappa shape index (κ2) is 5.02. The first-order valence-electron chi connectivity index (χ1n) is 8.66. The van der Waals surface area contributed by atoms with E-state index in [1.165, 1.54) is 22.3 Å². The second-order valence-corrected chi connectivity index (χ2v) is 18.9. The van der Waals surface area contributed by atoms with E-state index in [2.05, 4.69) is 65.8 Å². The van der Waals surface area contributed by atoms with E-state index in [4.69, 9.17) is 4.82 Å². The summed E-state index contributed by atoms with van der Waals surface area (Å²) in [6, 6.07) is 0. The van der Waals surface area contributed by atoms with Crippen molar-refractivity contribution in [2.75, 3.05) is 0 Å². The van der Waals surface area contributed by atoms with E-state index in [0.717, 1.165) is 0 Å². The molecule has 0 N–H and O–H groups in total. The van der Waals surface area contributed by atoms with Crippen LogP contribution in [0.5, 0.6) is 0 Å². The molecule has 0 saturated carbocycles. The van der Waals surface area contributed by atoms with E-state index < -0.39 is 14.8 Å². The van der Waals surface area contributed by atoms with Gasteiger partial charge >= 0.3 is 139 Å². The molecule has 2 rings (SSSR count). The molecule has 0 amide bonds. The van der Waals surface area contributed by atoms with Gasteiger partial charge in [-0.3, -0.25) is 0 Å². The van der Waals surface area contributed by atoms with Crippen molar-refractivity contribution in [2.45, 2.75) is 65.8 Å². The number of rotatable bonds is 2. The summed E-state index contributed by atoms with van der Waals surface area (Å²) < 4.78 is 3.41. The fourth-order valence-corrected chi connectivity index (χ4v) is 15.3. The molecule has 0 aromatic rings. The molecule has 2 aliphatic carbocycles. The van der Waals surface area contributed by atoms with E-state index in [1.807, 2.05) is 0 Å². The summed E-state index contributed by atoms with van der Waals surface area (Å²) in [7, 11) is 0. The van der Waals surface area contributed by atoms with Crippen molar-refractivity contribution in [3.63, 3.8) is 0 Å². The molecule has 2 atom stereocenters. The minimum absolute atomic E-state index is 0.568. The molecule has 0 nitrogen and oxygen atoms in total. The van der Waals surface area contributed by atoms with Gasteiger partial charge in [0.15, 0.2) is 0 Å². The Kier molecular flexibility index (Phi) is 4.08. The molecule has 0 bridgehead atoms. The molecule has 0 aromatic heterocycles. The normalized spacial score (nSPS) is 27.8. The predicted octanol–water partition coefficient (Wildman–Crippen LogP) is 6.72. The van der Waals surface area contributed by atoms with E-state index in [1.54, 1.807) is 18.9 Å². The van der Waals surface area contributed by atoms with Crippen molar-refractivity contribution in [1.82, 2.24) is 0 Å². The van der Waals surface area contributed by atoms with E-state index in [-0.39, 0.29) is 0 Å². The molecule has 22 heavy (non-hydrogen) atoms. The summed E-state index contributed by atoms with van der Waals surface area (Å²) >= 11 is -3.14. The van der Waals surface area contributed by atoms with Gasteiger partial charge in [-0.25, -0.2) is 0 Å². The summed E-state index contributed by atoms with van der Waals surface area (Å²) in [5.74, 6) is 1.14. The molecule has 0 aliphatic heterocycles.